The van der Waals surface area contributed by atoms with E-state index >= 15 is 0 Å². The maximum Gasteiger partial charge on any atom is 0.133 e. The molecule has 0 aromatic heterocycles. The number of piperazine rings is 1. The summed E-state index contributed by atoms with van der Waals surface area (Å²) in [6, 6.07) is 2.86. The maximum absolute atomic E-state index is 14.5. The summed E-state index contributed by atoms with van der Waals surface area (Å²) in [5.41, 5.74) is 0.845. The molecule has 1 N–H and O–H groups in total. The van der Waals surface area contributed by atoms with Crippen molar-refractivity contribution < 1.29 is 8.78 Å². The number of benzene rings is 1. The molecule has 1 aliphatic heterocycles. The van der Waals surface area contributed by atoms with Gasteiger partial charge in [-0.2, -0.15) is 0 Å². The largest absolute Gasteiger partial charge is 0.314 e. The molecule has 1 aromatic carbocycles. The third kappa shape index (κ3) is 3.73. The lowest BCUT2D eigenvalue weighted by Crippen LogP contribution is -2.48. The van der Waals surface area contributed by atoms with E-state index in [1.807, 2.05) is 0 Å². The fourth-order valence-electron chi connectivity index (χ4n) is 3.38. The number of hydrogen-bond donors (Lipinski definition) is 1. The minimum atomic E-state index is -0.386. The summed E-state index contributed by atoms with van der Waals surface area (Å²) in [5.74, 6) is -0.331. The van der Waals surface area contributed by atoms with Gasteiger partial charge < -0.3 is 5.32 Å². The van der Waals surface area contributed by atoms with Crippen molar-refractivity contribution >= 4 is 24.8 Å². The van der Waals surface area contributed by atoms with Crippen LogP contribution in [0.15, 0.2) is 12.1 Å². The van der Waals surface area contributed by atoms with Crippen molar-refractivity contribution in [3.05, 3.63) is 34.9 Å². The van der Waals surface area contributed by atoms with Crippen LogP contribution in [0.25, 0.3) is 0 Å². The SMILES string of the molecule is Cc1ccc(F)c([C@H](C2CCC2)N2CCNCC2)c1F.Cl.Cl. The highest BCUT2D eigenvalue weighted by molar-refractivity contribution is 5.85. The van der Waals surface area contributed by atoms with Crippen LogP contribution >= 0.6 is 24.8 Å². The van der Waals surface area contributed by atoms with Gasteiger partial charge in [0.1, 0.15) is 11.6 Å². The summed E-state index contributed by atoms with van der Waals surface area (Å²) < 4.78 is 28.8. The Morgan fingerprint density at radius 1 is 1.14 bits per heavy atom. The number of rotatable bonds is 3. The van der Waals surface area contributed by atoms with E-state index in [4.69, 9.17) is 0 Å². The van der Waals surface area contributed by atoms with Crippen LogP contribution in [0.3, 0.4) is 0 Å². The van der Waals surface area contributed by atoms with Crippen LogP contribution in [-0.2, 0) is 0 Å². The first kappa shape index (κ1) is 19.6. The topological polar surface area (TPSA) is 15.3 Å². The molecule has 0 unspecified atom stereocenters. The van der Waals surface area contributed by atoms with Crippen molar-refractivity contribution in [2.24, 2.45) is 5.92 Å². The summed E-state index contributed by atoms with van der Waals surface area (Å²) in [4.78, 5) is 2.27. The molecule has 0 spiro atoms. The molecule has 2 nitrogen and oxygen atoms in total. The maximum atomic E-state index is 14.5. The Bertz CT molecular complexity index is 489. The fourth-order valence-corrected chi connectivity index (χ4v) is 3.38. The van der Waals surface area contributed by atoms with Crippen LogP contribution in [0.4, 0.5) is 8.78 Å². The number of hydrogen-bond acceptors (Lipinski definition) is 2. The van der Waals surface area contributed by atoms with Crippen molar-refractivity contribution in [2.45, 2.75) is 32.2 Å². The average Bonchev–Trinajstić information content (AvgIpc) is 2.41. The Morgan fingerprint density at radius 2 is 1.77 bits per heavy atom. The van der Waals surface area contributed by atoms with Gasteiger partial charge in [-0.05, 0) is 37.3 Å². The third-order valence-electron chi connectivity index (χ3n) is 4.76. The second kappa shape index (κ2) is 8.44. The van der Waals surface area contributed by atoms with E-state index in [1.165, 1.54) is 18.6 Å². The Balaban J connectivity index is 0.00000121. The first-order chi connectivity index (χ1) is 9.68. The molecule has 1 saturated carbocycles. The fraction of sp³-hybridized carbons (Fsp3) is 0.625. The monoisotopic (exact) mass is 352 g/mol. The van der Waals surface area contributed by atoms with Crippen LogP contribution < -0.4 is 5.32 Å². The highest BCUT2D eigenvalue weighted by atomic mass is 35.5. The van der Waals surface area contributed by atoms with Gasteiger partial charge in [0.05, 0.1) is 0 Å². The van der Waals surface area contributed by atoms with E-state index in [-0.39, 0.29) is 42.5 Å². The lowest BCUT2D eigenvalue weighted by molar-refractivity contribution is 0.0784. The van der Waals surface area contributed by atoms with Crippen molar-refractivity contribution in [3.8, 4) is 0 Å². The quantitative estimate of drug-likeness (QED) is 0.888. The molecule has 0 bridgehead atoms. The second-order valence-corrected chi connectivity index (χ2v) is 6.01. The number of nitrogens with zero attached hydrogens (tertiary/aromatic N) is 1. The Labute approximate surface area is 143 Å². The molecule has 1 atom stereocenters. The molecule has 3 rings (SSSR count). The molecule has 1 aromatic rings. The van der Waals surface area contributed by atoms with E-state index in [9.17, 15) is 8.78 Å². The first-order valence-electron chi connectivity index (χ1n) is 7.57. The number of nitrogens with one attached hydrogen (secondary N) is 1. The molecular weight excluding hydrogens is 329 g/mol. The summed E-state index contributed by atoms with van der Waals surface area (Å²) in [5, 5.41) is 3.31. The van der Waals surface area contributed by atoms with Crippen molar-refractivity contribution in [1.29, 1.82) is 0 Å². The van der Waals surface area contributed by atoms with Gasteiger partial charge in [0, 0.05) is 37.8 Å². The van der Waals surface area contributed by atoms with Crippen molar-refractivity contribution in [2.75, 3.05) is 26.2 Å². The minimum Gasteiger partial charge on any atom is -0.314 e. The van der Waals surface area contributed by atoms with E-state index in [0.717, 1.165) is 39.0 Å². The molecule has 0 amide bonds. The molecule has 1 aliphatic carbocycles. The zero-order chi connectivity index (χ0) is 14.1. The third-order valence-corrected chi connectivity index (χ3v) is 4.76. The van der Waals surface area contributed by atoms with Gasteiger partial charge in [-0.15, -0.1) is 24.8 Å². The van der Waals surface area contributed by atoms with Crippen LogP contribution in [0.5, 0.6) is 0 Å². The van der Waals surface area contributed by atoms with Crippen molar-refractivity contribution in [1.82, 2.24) is 10.2 Å². The van der Waals surface area contributed by atoms with E-state index in [0.29, 0.717) is 17.0 Å². The van der Waals surface area contributed by atoms with E-state index < -0.39 is 0 Å². The lowest BCUT2D eigenvalue weighted by Gasteiger charge is -2.43. The molecule has 22 heavy (non-hydrogen) atoms. The van der Waals surface area contributed by atoms with Crippen LogP contribution in [0.1, 0.15) is 36.4 Å². The first-order valence-corrected chi connectivity index (χ1v) is 7.57. The van der Waals surface area contributed by atoms with Gasteiger partial charge in [0.2, 0.25) is 0 Å². The Kier molecular flexibility index (Phi) is 7.53. The van der Waals surface area contributed by atoms with Gasteiger partial charge in [0.15, 0.2) is 0 Å². The standard InChI is InChI=1S/C16H22F2N2.2ClH/c1-11-5-6-13(17)14(15(11)18)16(12-3-2-4-12)20-9-7-19-8-10-20;;/h5-6,12,16,19H,2-4,7-10H2,1H3;2*1H/t16-;;/m0../s1. The predicted molar refractivity (Wildman–Crippen MR) is 90.1 cm³/mol. The summed E-state index contributed by atoms with van der Waals surface area (Å²) in [6.45, 7) is 5.26. The zero-order valence-corrected chi connectivity index (χ0v) is 14.4. The smallest absolute Gasteiger partial charge is 0.133 e. The van der Waals surface area contributed by atoms with E-state index in [1.54, 1.807) is 6.92 Å². The molecule has 1 saturated heterocycles. The molecule has 6 heteroatoms. The average molecular weight is 353 g/mol. The Hall–Kier alpha value is -0.420. The number of aryl methyl sites for hydroxylation is 1. The predicted octanol–water partition coefficient (Wildman–Crippen LogP) is 3.86. The van der Waals surface area contributed by atoms with Gasteiger partial charge in [-0.25, -0.2) is 8.78 Å². The number of halogens is 4. The molecule has 2 fully saturated rings. The highest BCUT2D eigenvalue weighted by Crippen LogP contribution is 2.43. The van der Waals surface area contributed by atoms with Crippen LogP contribution in [-0.4, -0.2) is 31.1 Å². The minimum absolute atomic E-state index is 0. The molecule has 0 radical (unpaired) electrons. The highest BCUT2D eigenvalue weighted by Gasteiger charge is 2.37. The summed E-state index contributed by atoms with van der Waals surface area (Å²) in [6.07, 6.45) is 3.35. The van der Waals surface area contributed by atoms with Crippen LogP contribution in [0, 0.1) is 24.5 Å². The second-order valence-electron chi connectivity index (χ2n) is 6.01. The van der Waals surface area contributed by atoms with Crippen LogP contribution in [0.2, 0.25) is 0 Å². The van der Waals surface area contributed by atoms with Gasteiger partial charge in [-0.3, -0.25) is 4.90 Å². The van der Waals surface area contributed by atoms with E-state index in [2.05, 4.69) is 10.2 Å². The molecule has 126 valence electrons. The normalized spacial score (nSPS) is 20.5. The Morgan fingerprint density at radius 3 is 2.32 bits per heavy atom. The van der Waals surface area contributed by atoms with Gasteiger partial charge in [0.25, 0.3) is 0 Å². The molecule has 1 heterocycles. The summed E-state index contributed by atoms with van der Waals surface area (Å²) >= 11 is 0. The molecular formula is C16H24Cl2F2N2. The molecule has 2 aliphatic rings. The lowest BCUT2D eigenvalue weighted by atomic mass is 9.75. The van der Waals surface area contributed by atoms with Gasteiger partial charge >= 0.3 is 0 Å². The van der Waals surface area contributed by atoms with Crippen molar-refractivity contribution in [3.63, 3.8) is 0 Å². The van der Waals surface area contributed by atoms with Gasteiger partial charge in [-0.1, -0.05) is 12.5 Å². The summed E-state index contributed by atoms with van der Waals surface area (Å²) in [7, 11) is 0. The zero-order valence-electron chi connectivity index (χ0n) is 12.8.